The van der Waals surface area contributed by atoms with Crippen LogP contribution in [0.15, 0.2) is 42.9 Å². The van der Waals surface area contributed by atoms with Gasteiger partial charge in [0.05, 0.1) is 29.0 Å². The first-order valence-corrected chi connectivity index (χ1v) is 8.84. The monoisotopic (exact) mass is 379 g/mol. The normalized spacial score (nSPS) is 12.3. The van der Waals surface area contributed by atoms with E-state index in [-0.39, 0.29) is 17.5 Å². The quantitative estimate of drug-likeness (QED) is 0.687. The third-order valence-electron chi connectivity index (χ3n) is 3.62. The molecule has 3 rings (SSSR count). The standard InChI is InChI=1S/C16H14ClFN4O2S/c17-16-15(10-1-2-11(6-19)14(18)5-10)22(9-21-16)13-4-3-12(20-7-13)8-25(23)24/h1-5,7,9H,6,8,19H2,(H,23,24)/p-1. The van der Waals surface area contributed by atoms with Crippen LogP contribution < -0.4 is 5.73 Å². The number of hydrogen-bond acceptors (Lipinski definition) is 5. The lowest BCUT2D eigenvalue weighted by Crippen LogP contribution is -2.02. The van der Waals surface area contributed by atoms with E-state index in [9.17, 15) is 13.2 Å². The van der Waals surface area contributed by atoms with Gasteiger partial charge < -0.3 is 10.3 Å². The smallest absolute Gasteiger partial charge is 0.155 e. The topological polar surface area (TPSA) is 96.9 Å². The second kappa shape index (κ2) is 7.40. The van der Waals surface area contributed by atoms with Crippen LogP contribution in [0.1, 0.15) is 11.3 Å². The van der Waals surface area contributed by atoms with Crippen LogP contribution in [0.4, 0.5) is 4.39 Å². The van der Waals surface area contributed by atoms with Gasteiger partial charge in [-0.3, -0.25) is 13.8 Å². The van der Waals surface area contributed by atoms with Gasteiger partial charge >= 0.3 is 0 Å². The average Bonchev–Trinajstić information content (AvgIpc) is 2.96. The summed E-state index contributed by atoms with van der Waals surface area (Å²) in [5.74, 6) is -0.584. The Labute approximate surface area is 150 Å². The van der Waals surface area contributed by atoms with E-state index < -0.39 is 16.9 Å². The zero-order chi connectivity index (χ0) is 18.0. The molecule has 6 nitrogen and oxygen atoms in total. The van der Waals surface area contributed by atoms with Crippen molar-refractivity contribution in [3.8, 4) is 16.9 Å². The number of halogens is 2. The third-order valence-corrected chi connectivity index (χ3v) is 4.43. The molecule has 1 atom stereocenters. The van der Waals surface area contributed by atoms with Gasteiger partial charge in [-0.05, 0) is 29.3 Å². The van der Waals surface area contributed by atoms with Crippen LogP contribution in [-0.2, 0) is 23.4 Å². The molecule has 2 heterocycles. The maximum absolute atomic E-state index is 14.1. The summed E-state index contributed by atoms with van der Waals surface area (Å²) >= 11 is 3.97. The SMILES string of the molecule is NCc1ccc(-c2c(Cl)ncn2-c2ccc(CS(=O)[O-])nc2)cc1F. The van der Waals surface area contributed by atoms with E-state index in [2.05, 4.69) is 9.97 Å². The van der Waals surface area contributed by atoms with Gasteiger partial charge in [-0.1, -0.05) is 23.7 Å². The van der Waals surface area contributed by atoms with Gasteiger partial charge in [-0.2, -0.15) is 0 Å². The molecule has 9 heteroatoms. The lowest BCUT2D eigenvalue weighted by Gasteiger charge is -2.11. The van der Waals surface area contributed by atoms with Crippen molar-refractivity contribution in [2.75, 3.05) is 0 Å². The largest absolute Gasteiger partial charge is 0.772 e. The van der Waals surface area contributed by atoms with E-state index in [4.69, 9.17) is 17.3 Å². The zero-order valence-electron chi connectivity index (χ0n) is 12.9. The van der Waals surface area contributed by atoms with Gasteiger partial charge in [0.25, 0.3) is 0 Å². The number of pyridine rings is 1. The van der Waals surface area contributed by atoms with Crippen LogP contribution >= 0.6 is 11.6 Å². The number of hydrogen-bond donors (Lipinski definition) is 1. The lowest BCUT2D eigenvalue weighted by atomic mass is 10.1. The summed E-state index contributed by atoms with van der Waals surface area (Å²) < 4.78 is 37.2. The second-order valence-electron chi connectivity index (χ2n) is 5.22. The molecule has 0 saturated heterocycles. The van der Waals surface area contributed by atoms with Crippen molar-refractivity contribution in [2.45, 2.75) is 12.3 Å². The third kappa shape index (κ3) is 3.77. The highest BCUT2D eigenvalue weighted by atomic mass is 35.5. The maximum Gasteiger partial charge on any atom is 0.155 e. The Kier molecular flexibility index (Phi) is 5.24. The highest BCUT2D eigenvalue weighted by Gasteiger charge is 2.15. The molecule has 1 aromatic carbocycles. The predicted octanol–water partition coefficient (Wildman–Crippen LogP) is 2.56. The first-order valence-electron chi connectivity index (χ1n) is 7.22. The summed E-state index contributed by atoms with van der Waals surface area (Å²) in [5, 5.41) is 0.213. The molecule has 0 spiro atoms. The molecule has 0 bridgehead atoms. The summed E-state index contributed by atoms with van der Waals surface area (Å²) in [6, 6.07) is 7.96. The fourth-order valence-electron chi connectivity index (χ4n) is 2.41. The van der Waals surface area contributed by atoms with E-state index in [1.54, 1.807) is 28.8 Å². The summed E-state index contributed by atoms with van der Waals surface area (Å²) in [5.41, 5.74) is 7.98. The molecule has 3 aromatic rings. The van der Waals surface area contributed by atoms with Gasteiger partial charge in [-0.25, -0.2) is 9.37 Å². The Morgan fingerprint density at radius 1 is 1.28 bits per heavy atom. The minimum atomic E-state index is -2.21. The number of aromatic nitrogens is 3. The van der Waals surface area contributed by atoms with Gasteiger partial charge in [-0.15, -0.1) is 0 Å². The number of nitrogens with zero attached hydrogens (tertiary/aromatic N) is 3. The minimum absolute atomic E-state index is 0.103. The molecule has 0 aliphatic rings. The molecule has 0 amide bonds. The van der Waals surface area contributed by atoms with E-state index in [0.29, 0.717) is 28.2 Å². The number of benzene rings is 1. The number of rotatable bonds is 5. The first kappa shape index (κ1) is 17.7. The maximum atomic E-state index is 14.1. The van der Waals surface area contributed by atoms with Gasteiger partial charge in [0.1, 0.15) is 12.1 Å². The Morgan fingerprint density at radius 3 is 2.68 bits per heavy atom. The molecular formula is C16H13ClFN4O2S-. The Bertz CT molecular complexity index is 930. The molecule has 0 aliphatic heterocycles. The number of imidazole rings is 1. The van der Waals surface area contributed by atoms with Crippen molar-refractivity contribution in [2.24, 2.45) is 5.73 Å². The number of nitrogens with two attached hydrogens (primary N) is 1. The van der Waals surface area contributed by atoms with Crippen molar-refractivity contribution >= 4 is 22.7 Å². The summed E-state index contributed by atoms with van der Waals surface area (Å²) in [6.45, 7) is 0.103. The van der Waals surface area contributed by atoms with Crippen LogP contribution in [-0.4, -0.2) is 23.3 Å². The van der Waals surface area contributed by atoms with E-state index >= 15 is 0 Å². The van der Waals surface area contributed by atoms with Gasteiger partial charge in [0, 0.05) is 17.7 Å². The second-order valence-corrected chi connectivity index (χ2v) is 6.47. The van der Waals surface area contributed by atoms with E-state index in [1.807, 2.05) is 0 Å². The van der Waals surface area contributed by atoms with E-state index in [1.165, 1.54) is 18.6 Å². The molecule has 0 radical (unpaired) electrons. The molecular weight excluding hydrogens is 367 g/mol. The van der Waals surface area contributed by atoms with Crippen LogP contribution in [0, 0.1) is 5.82 Å². The summed E-state index contributed by atoms with van der Waals surface area (Å²) in [7, 11) is 0. The van der Waals surface area contributed by atoms with Crippen LogP contribution in [0.25, 0.3) is 16.9 Å². The van der Waals surface area contributed by atoms with E-state index in [0.717, 1.165) is 0 Å². The minimum Gasteiger partial charge on any atom is -0.772 e. The molecule has 25 heavy (non-hydrogen) atoms. The highest BCUT2D eigenvalue weighted by Crippen LogP contribution is 2.30. The molecule has 1 unspecified atom stereocenters. The van der Waals surface area contributed by atoms with Gasteiger partial charge in [0.15, 0.2) is 5.15 Å². The summed E-state index contributed by atoms with van der Waals surface area (Å²) in [4.78, 5) is 8.18. The van der Waals surface area contributed by atoms with Crippen molar-refractivity contribution in [3.05, 3.63) is 65.1 Å². The molecule has 130 valence electrons. The molecule has 2 N–H and O–H groups in total. The van der Waals surface area contributed by atoms with Crippen LogP contribution in [0.3, 0.4) is 0 Å². The van der Waals surface area contributed by atoms with Crippen molar-refractivity contribution in [1.82, 2.24) is 14.5 Å². The molecule has 2 aromatic heterocycles. The lowest BCUT2D eigenvalue weighted by molar-refractivity contribution is 0.535. The predicted molar refractivity (Wildman–Crippen MR) is 92.3 cm³/mol. The summed E-state index contributed by atoms with van der Waals surface area (Å²) in [6.07, 6.45) is 3.00. The molecule has 0 aliphatic carbocycles. The fourth-order valence-corrected chi connectivity index (χ4v) is 3.06. The van der Waals surface area contributed by atoms with Crippen molar-refractivity contribution in [1.29, 1.82) is 0 Å². The van der Waals surface area contributed by atoms with Crippen molar-refractivity contribution < 1.29 is 13.2 Å². The van der Waals surface area contributed by atoms with Crippen molar-refractivity contribution in [3.63, 3.8) is 0 Å². The van der Waals surface area contributed by atoms with Crippen LogP contribution in [0.2, 0.25) is 5.15 Å². The van der Waals surface area contributed by atoms with Crippen LogP contribution in [0.5, 0.6) is 0 Å². The Balaban J connectivity index is 2.02. The Morgan fingerprint density at radius 2 is 2.08 bits per heavy atom. The zero-order valence-corrected chi connectivity index (χ0v) is 14.4. The molecule has 0 fully saturated rings. The Hall–Kier alpha value is -2.13. The fraction of sp³-hybridized carbons (Fsp3) is 0.125. The first-order chi connectivity index (χ1) is 12.0. The van der Waals surface area contributed by atoms with Gasteiger partial charge in [0.2, 0.25) is 0 Å². The molecule has 0 saturated carbocycles. The average molecular weight is 380 g/mol. The highest BCUT2D eigenvalue weighted by molar-refractivity contribution is 7.78.